The Labute approximate surface area is 152 Å². The van der Waals surface area contributed by atoms with Crippen LogP contribution in [0.3, 0.4) is 0 Å². The Balaban J connectivity index is 2.03. The van der Waals surface area contributed by atoms with E-state index in [2.05, 4.69) is 13.0 Å². The van der Waals surface area contributed by atoms with Gasteiger partial charge in [0.1, 0.15) is 17.6 Å². The molecule has 1 N–H and O–H groups in total. The van der Waals surface area contributed by atoms with Crippen LogP contribution >= 0.6 is 0 Å². The summed E-state index contributed by atoms with van der Waals surface area (Å²) in [6, 6.07) is 1.89. The van der Waals surface area contributed by atoms with E-state index in [1.54, 1.807) is 21.1 Å². The maximum Gasteiger partial charge on any atom is 0.314 e. The zero-order valence-electron chi connectivity index (χ0n) is 15.6. The predicted molar refractivity (Wildman–Crippen MR) is 97.7 cm³/mol. The van der Waals surface area contributed by atoms with E-state index in [1.165, 1.54) is 0 Å². The third kappa shape index (κ3) is 2.24. The highest BCUT2D eigenvalue weighted by atomic mass is 16.5. The van der Waals surface area contributed by atoms with E-state index in [4.69, 9.17) is 13.9 Å². The minimum Gasteiger partial charge on any atom is -0.493 e. The first-order valence-electron chi connectivity index (χ1n) is 8.60. The molecule has 2 unspecified atom stereocenters. The third-order valence-electron chi connectivity index (χ3n) is 5.17. The van der Waals surface area contributed by atoms with E-state index in [0.29, 0.717) is 11.5 Å². The monoisotopic (exact) mass is 352 g/mol. The molecule has 3 aliphatic rings. The Hall–Kier alpha value is -2.79. The highest BCUT2D eigenvalue weighted by molar-refractivity contribution is 5.92. The van der Waals surface area contributed by atoms with Crippen LogP contribution < -0.4 is 4.90 Å². The zero-order valence-corrected chi connectivity index (χ0v) is 15.6. The number of ether oxygens (including phenoxy) is 2. The number of carbonyl (C=O) groups excluding carboxylic acids is 1. The average Bonchev–Trinajstić information content (AvgIpc) is 3.11. The number of carbonyl (C=O) groups is 1. The second-order valence-electron chi connectivity index (χ2n) is 6.76. The molecule has 0 aromatic carbocycles. The van der Waals surface area contributed by atoms with Gasteiger partial charge in [-0.2, -0.15) is 0 Å². The molecule has 1 aliphatic heterocycles. The summed E-state index contributed by atoms with van der Waals surface area (Å²) < 4.78 is 17.0. The number of rotatable bonds is 2. The van der Waals surface area contributed by atoms with Crippen molar-refractivity contribution in [1.82, 2.24) is 0 Å². The maximum absolute atomic E-state index is 12.5. The van der Waals surface area contributed by atoms with Crippen molar-refractivity contribution in [3.8, 4) is 0 Å². The lowest BCUT2D eigenvalue weighted by Gasteiger charge is -2.22. The van der Waals surface area contributed by atoms with Gasteiger partial charge in [0.15, 0.2) is 17.2 Å². The van der Waals surface area contributed by atoms with Gasteiger partial charge in [-0.15, -0.1) is 0 Å². The number of fused-ring (bicyclic) bond motifs is 4. The van der Waals surface area contributed by atoms with Gasteiger partial charge in [0, 0.05) is 23.3 Å². The Morgan fingerprint density at radius 1 is 1.15 bits per heavy atom. The van der Waals surface area contributed by atoms with Crippen LogP contribution in [0.25, 0.3) is 11.1 Å². The standard InChI is InChI=1S/C21H21NO4/c1-11-6-7-16-20(21-14(11)8-12(2)26-21)15-9-18(24-4)19(25-5)10-17(15)22(16)13(3)23/h6-10,17H,1-5H3/p+1. The predicted octanol–water partition coefficient (Wildman–Crippen LogP) is 2.53. The number of quaternary nitrogens is 1. The topological polar surface area (TPSA) is 53.1 Å². The molecule has 2 aliphatic carbocycles. The first-order chi connectivity index (χ1) is 12.5. The van der Waals surface area contributed by atoms with Crippen LogP contribution in [0, 0.1) is 6.92 Å². The highest BCUT2D eigenvalue weighted by Gasteiger charge is 2.47. The summed E-state index contributed by atoms with van der Waals surface area (Å²) in [7, 11) is 3.23. The molecule has 0 radical (unpaired) electrons. The number of hydrogen-bond acceptors (Lipinski definition) is 4. The molecular weight excluding hydrogens is 330 g/mol. The molecule has 0 saturated heterocycles. The first-order valence-corrected chi connectivity index (χ1v) is 8.60. The highest BCUT2D eigenvalue weighted by Crippen LogP contribution is 2.41. The third-order valence-corrected chi connectivity index (χ3v) is 5.17. The molecule has 4 rings (SSSR count). The molecule has 1 aromatic rings. The Bertz CT molecular complexity index is 968. The van der Waals surface area contributed by atoms with Crippen molar-refractivity contribution in [2.45, 2.75) is 26.8 Å². The Morgan fingerprint density at radius 3 is 2.54 bits per heavy atom. The molecule has 0 fully saturated rings. The molecule has 5 heteroatoms. The van der Waals surface area contributed by atoms with Gasteiger partial charge in [-0.3, -0.25) is 0 Å². The van der Waals surface area contributed by atoms with E-state index < -0.39 is 0 Å². The summed E-state index contributed by atoms with van der Waals surface area (Å²) in [5, 5.41) is 0. The van der Waals surface area contributed by atoms with Crippen molar-refractivity contribution < 1.29 is 23.6 Å². The smallest absolute Gasteiger partial charge is 0.314 e. The largest absolute Gasteiger partial charge is 0.493 e. The van der Waals surface area contributed by atoms with Gasteiger partial charge < -0.3 is 13.9 Å². The number of allylic oxidation sites excluding steroid dienone is 4. The summed E-state index contributed by atoms with van der Waals surface area (Å²) >= 11 is 0. The van der Waals surface area contributed by atoms with Crippen LogP contribution in [0.2, 0.25) is 0 Å². The van der Waals surface area contributed by atoms with Gasteiger partial charge in [0.05, 0.1) is 26.7 Å². The van der Waals surface area contributed by atoms with Crippen molar-refractivity contribution in [3.05, 3.63) is 70.2 Å². The fourth-order valence-electron chi connectivity index (χ4n) is 4.00. The molecule has 2 heterocycles. The minimum atomic E-state index is -0.160. The molecule has 0 spiro atoms. The molecule has 26 heavy (non-hydrogen) atoms. The number of aryl methyl sites for hydroxylation is 1. The van der Waals surface area contributed by atoms with Crippen molar-refractivity contribution in [3.63, 3.8) is 0 Å². The Kier molecular flexibility index (Phi) is 3.77. The van der Waals surface area contributed by atoms with Crippen LogP contribution in [0.5, 0.6) is 0 Å². The molecular formula is C21H22NO4+. The van der Waals surface area contributed by atoms with Crippen molar-refractivity contribution in [1.29, 1.82) is 0 Å². The van der Waals surface area contributed by atoms with Crippen molar-refractivity contribution in [2.75, 3.05) is 14.2 Å². The molecule has 134 valence electrons. The second kappa shape index (κ2) is 5.88. The average molecular weight is 352 g/mol. The molecule has 1 amide bonds. The van der Waals surface area contributed by atoms with Crippen LogP contribution in [-0.2, 0) is 14.3 Å². The lowest BCUT2D eigenvalue weighted by atomic mass is 9.95. The summed E-state index contributed by atoms with van der Waals surface area (Å²) in [4.78, 5) is 13.3. The van der Waals surface area contributed by atoms with Crippen LogP contribution in [-0.4, -0.2) is 26.2 Å². The lowest BCUT2D eigenvalue weighted by Crippen LogP contribution is -3.14. The van der Waals surface area contributed by atoms with Crippen LogP contribution in [0.1, 0.15) is 30.9 Å². The molecule has 0 bridgehead atoms. The second-order valence-corrected chi connectivity index (χ2v) is 6.76. The van der Waals surface area contributed by atoms with Gasteiger partial charge in [0.25, 0.3) is 0 Å². The van der Waals surface area contributed by atoms with E-state index in [1.807, 2.05) is 31.2 Å². The fourth-order valence-corrected chi connectivity index (χ4v) is 4.00. The zero-order chi connectivity index (χ0) is 18.6. The number of nitrogens with one attached hydrogen (secondary N) is 1. The number of amides is 1. The Morgan fingerprint density at radius 2 is 1.88 bits per heavy atom. The van der Waals surface area contributed by atoms with E-state index in [9.17, 15) is 4.79 Å². The van der Waals surface area contributed by atoms with Crippen LogP contribution in [0.15, 0.2) is 57.6 Å². The molecule has 2 atom stereocenters. The maximum atomic E-state index is 12.5. The fraction of sp³-hybridized carbons (Fsp3) is 0.286. The van der Waals surface area contributed by atoms with E-state index >= 15 is 0 Å². The SMILES string of the molecule is COC1=CC2=C3C(=CC=C(C)c4cc(C)oc43)[NH+](C(C)=O)C2C=C1OC. The van der Waals surface area contributed by atoms with Gasteiger partial charge in [-0.1, -0.05) is 6.08 Å². The summed E-state index contributed by atoms with van der Waals surface area (Å²) in [5.41, 5.74) is 5.08. The first kappa shape index (κ1) is 16.7. The lowest BCUT2D eigenvalue weighted by molar-refractivity contribution is -0.783. The van der Waals surface area contributed by atoms with Gasteiger partial charge in [0.2, 0.25) is 0 Å². The molecule has 0 saturated carbocycles. The molecule has 5 nitrogen and oxygen atoms in total. The van der Waals surface area contributed by atoms with Gasteiger partial charge >= 0.3 is 5.91 Å². The summed E-state index contributed by atoms with van der Waals surface area (Å²) in [6.45, 7) is 5.61. The quantitative estimate of drug-likeness (QED) is 0.889. The van der Waals surface area contributed by atoms with Crippen LogP contribution in [0.4, 0.5) is 0 Å². The van der Waals surface area contributed by atoms with E-state index in [-0.39, 0.29) is 11.9 Å². The molecule has 1 aromatic heterocycles. The van der Waals surface area contributed by atoms with Crippen molar-refractivity contribution >= 4 is 17.1 Å². The summed E-state index contributed by atoms with van der Waals surface area (Å²) in [6.07, 6.45) is 8.00. The normalized spacial score (nSPS) is 23.7. The van der Waals surface area contributed by atoms with Gasteiger partial charge in [-0.05, 0) is 31.6 Å². The summed E-state index contributed by atoms with van der Waals surface area (Å²) in [5.74, 6) is 3.00. The van der Waals surface area contributed by atoms with E-state index in [0.717, 1.165) is 44.4 Å². The van der Waals surface area contributed by atoms with Crippen molar-refractivity contribution in [2.24, 2.45) is 0 Å². The number of methoxy groups -OCH3 is 2. The van der Waals surface area contributed by atoms with Gasteiger partial charge in [-0.25, -0.2) is 9.69 Å². The number of furan rings is 1. The number of hydrogen-bond donors (Lipinski definition) is 1. The minimum absolute atomic E-state index is 0.0486.